The van der Waals surface area contributed by atoms with E-state index < -0.39 is 0 Å². The van der Waals surface area contributed by atoms with Gasteiger partial charge in [0, 0.05) is 18.5 Å². The Balaban J connectivity index is 2.09. The summed E-state index contributed by atoms with van der Waals surface area (Å²) in [5.74, 6) is 0.522. The second kappa shape index (κ2) is 5.78. The fourth-order valence-corrected chi connectivity index (χ4v) is 2.29. The average molecular weight is 276 g/mol. The minimum absolute atomic E-state index is 0.0430. The van der Waals surface area contributed by atoms with Gasteiger partial charge in [-0.2, -0.15) is 0 Å². The number of hydrogen-bond donors (Lipinski definition) is 0. The Morgan fingerprint density at radius 1 is 1.53 bits per heavy atom. The Labute approximate surface area is 111 Å². The van der Waals surface area contributed by atoms with Crippen LogP contribution in [-0.4, -0.2) is 29.3 Å². The van der Waals surface area contributed by atoms with Gasteiger partial charge in [-0.1, -0.05) is 0 Å². The minimum Gasteiger partial charge on any atom is -0.452 e. The molecule has 2 rings (SSSR count). The molecular weight excluding hydrogens is 261 g/mol. The predicted molar refractivity (Wildman–Crippen MR) is 67.7 cm³/mol. The van der Waals surface area contributed by atoms with E-state index in [-0.39, 0.29) is 11.1 Å². The first-order valence-corrected chi connectivity index (χ1v) is 6.75. The highest BCUT2D eigenvalue weighted by molar-refractivity contribution is 6.32. The van der Waals surface area contributed by atoms with Gasteiger partial charge in [0.25, 0.3) is 5.91 Å². The van der Waals surface area contributed by atoms with Crippen molar-refractivity contribution in [1.29, 1.82) is 0 Å². The van der Waals surface area contributed by atoms with Gasteiger partial charge >= 0.3 is 0 Å². The summed E-state index contributed by atoms with van der Waals surface area (Å²) in [6.45, 7) is 0.689. The summed E-state index contributed by atoms with van der Waals surface area (Å²) in [7, 11) is 0. The average Bonchev–Trinajstić information content (AvgIpc) is 2.67. The van der Waals surface area contributed by atoms with E-state index in [1.54, 1.807) is 6.07 Å². The number of amides is 1. The molecule has 0 spiro atoms. The first-order chi connectivity index (χ1) is 8.24. The molecule has 1 fully saturated rings. The number of rotatable bonds is 5. The van der Waals surface area contributed by atoms with Crippen molar-refractivity contribution in [3.63, 3.8) is 0 Å². The van der Waals surface area contributed by atoms with Crippen LogP contribution >= 0.6 is 23.2 Å². The summed E-state index contributed by atoms with van der Waals surface area (Å²) in [5.41, 5.74) is 0.452. The third-order valence-corrected chi connectivity index (χ3v) is 3.72. The van der Waals surface area contributed by atoms with Gasteiger partial charge in [0.05, 0.1) is 11.8 Å². The molecule has 0 radical (unpaired) electrons. The van der Waals surface area contributed by atoms with Crippen LogP contribution in [-0.2, 0) is 0 Å². The van der Waals surface area contributed by atoms with E-state index in [0.29, 0.717) is 24.0 Å². The van der Waals surface area contributed by atoms with E-state index in [4.69, 9.17) is 27.6 Å². The quantitative estimate of drug-likeness (QED) is 0.770. The highest BCUT2D eigenvalue weighted by Crippen LogP contribution is 2.28. The van der Waals surface area contributed by atoms with E-state index >= 15 is 0 Å². The third-order valence-electron chi connectivity index (χ3n) is 3.16. The lowest BCUT2D eigenvalue weighted by atomic mass is 9.91. The molecule has 5 heteroatoms. The monoisotopic (exact) mass is 275 g/mol. The first-order valence-electron chi connectivity index (χ1n) is 5.84. The molecular formula is C12H15Cl2NO2. The summed E-state index contributed by atoms with van der Waals surface area (Å²) in [6.07, 6.45) is 5.58. The highest BCUT2D eigenvalue weighted by Gasteiger charge is 2.30. The Morgan fingerprint density at radius 2 is 2.29 bits per heavy atom. The molecule has 0 bridgehead atoms. The van der Waals surface area contributed by atoms with Gasteiger partial charge in [0.1, 0.15) is 0 Å². The van der Waals surface area contributed by atoms with Crippen molar-refractivity contribution in [3.8, 4) is 0 Å². The molecule has 0 N–H and O–H groups in total. The van der Waals surface area contributed by atoms with E-state index in [0.717, 1.165) is 19.3 Å². The Kier molecular flexibility index (Phi) is 4.35. The highest BCUT2D eigenvalue weighted by atomic mass is 35.5. The predicted octanol–water partition coefficient (Wildman–Crippen LogP) is 3.56. The van der Waals surface area contributed by atoms with Gasteiger partial charge < -0.3 is 9.32 Å². The van der Waals surface area contributed by atoms with E-state index in [9.17, 15) is 4.79 Å². The fraction of sp³-hybridized carbons (Fsp3) is 0.583. The Bertz CT molecular complexity index is 388. The first kappa shape index (κ1) is 12.8. The van der Waals surface area contributed by atoms with Gasteiger partial charge in [-0.25, -0.2) is 0 Å². The zero-order chi connectivity index (χ0) is 12.3. The maximum Gasteiger partial charge on any atom is 0.258 e. The lowest BCUT2D eigenvalue weighted by molar-refractivity contribution is 0.0580. The normalized spacial score (nSPS) is 15.6. The minimum atomic E-state index is -0.0430. The summed E-state index contributed by atoms with van der Waals surface area (Å²) in [4.78, 5) is 14.2. The molecule has 1 heterocycles. The van der Waals surface area contributed by atoms with Crippen LogP contribution in [0.1, 0.15) is 36.0 Å². The van der Waals surface area contributed by atoms with E-state index in [1.165, 1.54) is 12.7 Å². The molecule has 0 atom stereocenters. The van der Waals surface area contributed by atoms with Crippen LogP contribution in [0.3, 0.4) is 0 Å². The zero-order valence-electron chi connectivity index (χ0n) is 9.49. The number of hydrogen-bond acceptors (Lipinski definition) is 2. The van der Waals surface area contributed by atoms with Crippen LogP contribution in [0, 0.1) is 0 Å². The van der Waals surface area contributed by atoms with Gasteiger partial charge in [-0.05, 0) is 43.4 Å². The van der Waals surface area contributed by atoms with Gasteiger partial charge in [0.15, 0.2) is 0 Å². The lowest BCUT2D eigenvalue weighted by Crippen LogP contribution is -2.44. The molecule has 94 valence electrons. The zero-order valence-corrected chi connectivity index (χ0v) is 11.0. The number of carbonyl (C=O) groups is 1. The van der Waals surface area contributed by atoms with Crippen molar-refractivity contribution < 1.29 is 9.21 Å². The van der Waals surface area contributed by atoms with Crippen LogP contribution in [0.4, 0.5) is 0 Å². The second-order valence-electron chi connectivity index (χ2n) is 4.23. The van der Waals surface area contributed by atoms with Crippen molar-refractivity contribution in [2.45, 2.75) is 31.7 Å². The smallest absolute Gasteiger partial charge is 0.258 e. The molecule has 1 aromatic heterocycles. The maximum absolute atomic E-state index is 12.3. The van der Waals surface area contributed by atoms with Crippen LogP contribution in [0.5, 0.6) is 0 Å². The van der Waals surface area contributed by atoms with Crippen molar-refractivity contribution in [2.24, 2.45) is 0 Å². The molecule has 17 heavy (non-hydrogen) atoms. The third kappa shape index (κ3) is 2.78. The number of furan rings is 1. The molecule has 0 aliphatic heterocycles. The van der Waals surface area contributed by atoms with Crippen molar-refractivity contribution in [2.75, 3.05) is 12.4 Å². The van der Waals surface area contributed by atoms with Crippen molar-refractivity contribution in [3.05, 3.63) is 23.1 Å². The summed E-state index contributed by atoms with van der Waals surface area (Å²) in [5, 5.41) is 0.171. The van der Waals surface area contributed by atoms with Gasteiger partial charge in [-0.15, -0.1) is 11.6 Å². The van der Waals surface area contributed by atoms with E-state index in [1.807, 2.05) is 4.90 Å². The number of alkyl halides is 1. The maximum atomic E-state index is 12.3. The van der Waals surface area contributed by atoms with E-state index in [2.05, 4.69) is 0 Å². The van der Waals surface area contributed by atoms with Gasteiger partial charge in [-0.3, -0.25) is 4.79 Å². The molecule has 1 aromatic rings. The molecule has 1 aliphatic rings. The van der Waals surface area contributed by atoms with Gasteiger partial charge in [0.2, 0.25) is 5.22 Å². The summed E-state index contributed by atoms with van der Waals surface area (Å²) in [6, 6.07) is 1.97. The lowest BCUT2D eigenvalue weighted by Gasteiger charge is -2.37. The molecule has 0 unspecified atom stereocenters. The standard InChI is InChI=1S/C12H15Cl2NO2/c13-6-2-7-15(9-3-1-4-9)12(16)10-5-8-17-11(10)14/h5,8-9H,1-4,6-7H2. The molecule has 0 saturated heterocycles. The number of halogens is 2. The summed E-state index contributed by atoms with van der Waals surface area (Å²) >= 11 is 11.5. The summed E-state index contributed by atoms with van der Waals surface area (Å²) < 4.78 is 4.96. The SMILES string of the molecule is O=C(c1ccoc1Cl)N(CCCCl)C1CCC1. The van der Waals surface area contributed by atoms with Crippen LogP contribution in [0.15, 0.2) is 16.7 Å². The molecule has 1 amide bonds. The molecule has 0 aromatic carbocycles. The van der Waals surface area contributed by atoms with Crippen molar-refractivity contribution in [1.82, 2.24) is 4.90 Å². The van der Waals surface area contributed by atoms with Crippen LogP contribution in [0.25, 0.3) is 0 Å². The largest absolute Gasteiger partial charge is 0.452 e. The molecule has 1 saturated carbocycles. The Morgan fingerprint density at radius 3 is 2.76 bits per heavy atom. The topological polar surface area (TPSA) is 33.5 Å². The number of carbonyl (C=O) groups excluding carboxylic acids is 1. The Hall–Kier alpha value is -0.670. The van der Waals surface area contributed by atoms with Crippen molar-refractivity contribution >= 4 is 29.1 Å². The second-order valence-corrected chi connectivity index (χ2v) is 4.96. The number of nitrogens with zero attached hydrogens (tertiary/aromatic N) is 1. The van der Waals surface area contributed by atoms with Crippen LogP contribution in [0.2, 0.25) is 5.22 Å². The fourth-order valence-electron chi connectivity index (χ4n) is 1.98. The van der Waals surface area contributed by atoms with Crippen LogP contribution < -0.4 is 0 Å². The molecule has 1 aliphatic carbocycles. The molecule has 3 nitrogen and oxygen atoms in total.